The zero-order chi connectivity index (χ0) is 30.2. The molecule has 0 radical (unpaired) electrons. The number of nitrogens with one attached hydrogen (secondary N) is 5. The number of rotatable bonds is 11. The van der Waals surface area contributed by atoms with Gasteiger partial charge in [0, 0.05) is 24.9 Å². The Bertz CT molecular complexity index is 1430. The predicted molar refractivity (Wildman–Crippen MR) is 160 cm³/mol. The molecule has 2 aromatic carbocycles. The first kappa shape index (κ1) is 29.9. The van der Waals surface area contributed by atoms with Crippen molar-refractivity contribution in [3.8, 4) is 0 Å². The number of imidazole rings is 1. The minimum absolute atomic E-state index is 0.00985. The summed E-state index contributed by atoms with van der Waals surface area (Å²) in [6, 6.07) is 14.0. The maximum atomic E-state index is 13.8. The molecule has 226 valence electrons. The van der Waals surface area contributed by atoms with Crippen molar-refractivity contribution >= 4 is 40.4 Å². The van der Waals surface area contributed by atoms with Gasteiger partial charge in [-0.05, 0) is 49.8 Å². The van der Waals surface area contributed by atoms with Crippen LogP contribution in [-0.2, 0) is 25.6 Å². The molecule has 0 spiro atoms. The highest BCUT2D eigenvalue weighted by Gasteiger charge is 2.35. The Labute approximate surface area is 250 Å². The molecule has 43 heavy (non-hydrogen) atoms. The van der Waals surface area contributed by atoms with Gasteiger partial charge in [-0.2, -0.15) is 0 Å². The second kappa shape index (κ2) is 14.1. The van der Waals surface area contributed by atoms with Crippen LogP contribution in [-0.4, -0.2) is 64.1 Å². The number of aromatic amines is 1. The summed E-state index contributed by atoms with van der Waals surface area (Å²) in [6.45, 7) is 0.551. The maximum absolute atomic E-state index is 13.8. The van der Waals surface area contributed by atoms with E-state index in [2.05, 4.69) is 31.2 Å². The summed E-state index contributed by atoms with van der Waals surface area (Å²) >= 11 is 0. The summed E-state index contributed by atoms with van der Waals surface area (Å²) in [5.41, 5.74) is 2.08. The average molecular weight is 587 g/mol. The number of Topliss-reactive ketones (excluding diaryl/α,β-unsaturated/α-hetero) is 1. The molecular formula is C32H38N6O5. The van der Waals surface area contributed by atoms with Crippen molar-refractivity contribution < 1.29 is 24.0 Å². The number of aromatic nitrogens is 2. The van der Waals surface area contributed by atoms with E-state index in [9.17, 15) is 24.0 Å². The van der Waals surface area contributed by atoms with E-state index in [-0.39, 0.29) is 30.6 Å². The molecule has 0 unspecified atom stereocenters. The van der Waals surface area contributed by atoms with Gasteiger partial charge in [0.25, 0.3) is 11.8 Å². The van der Waals surface area contributed by atoms with E-state index in [0.29, 0.717) is 24.0 Å². The first-order valence-corrected chi connectivity index (χ1v) is 15.1. The zero-order valence-electron chi connectivity index (χ0n) is 24.1. The molecule has 1 aromatic heterocycles. The molecule has 1 aliphatic heterocycles. The minimum Gasteiger partial charge on any atom is -0.356 e. The number of carbonyl (C=O) groups excluding carboxylic acids is 5. The van der Waals surface area contributed by atoms with Crippen LogP contribution >= 0.6 is 0 Å². The molecular weight excluding hydrogens is 548 g/mol. The molecule has 4 amide bonds. The lowest BCUT2D eigenvalue weighted by atomic mass is 9.89. The molecule has 2 fully saturated rings. The van der Waals surface area contributed by atoms with Gasteiger partial charge in [0.15, 0.2) is 5.82 Å². The van der Waals surface area contributed by atoms with Gasteiger partial charge in [-0.25, -0.2) is 4.98 Å². The van der Waals surface area contributed by atoms with Crippen molar-refractivity contribution in [1.82, 2.24) is 31.2 Å². The van der Waals surface area contributed by atoms with Crippen molar-refractivity contribution in [3.05, 3.63) is 66.0 Å². The van der Waals surface area contributed by atoms with Crippen molar-refractivity contribution in [2.75, 3.05) is 6.54 Å². The highest BCUT2D eigenvalue weighted by atomic mass is 16.2. The quantitative estimate of drug-likeness (QED) is 0.217. The second-order valence-corrected chi connectivity index (χ2v) is 11.4. The van der Waals surface area contributed by atoms with Crippen LogP contribution < -0.4 is 21.3 Å². The molecule has 1 aliphatic carbocycles. The smallest absolute Gasteiger partial charge is 0.289 e. The van der Waals surface area contributed by atoms with Gasteiger partial charge < -0.3 is 26.3 Å². The monoisotopic (exact) mass is 586 g/mol. The van der Waals surface area contributed by atoms with Gasteiger partial charge in [-0.15, -0.1) is 0 Å². The van der Waals surface area contributed by atoms with E-state index < -0.39 is 41.5 Å². The van der Waals surface area contributed by atoms with Crippen molar-refractivity contribution in [1.29, 1.82) is 0 Å². The highest BCUT2D eigenvalue weighted by molar-refractivity contribution is 6.38. The Morgan fingerprint density at radius 3 is 2.35 bits per heavy atom. The number of ketones is 1. The summed E-state index contributed by atoms with van der Waals surface area (Å²) < 4.78 is 0. The standard InChI is InChI=1S/C32H38N6O5/c39-27(31(42)34-22-13-5-2-6-14-22)25(19-21-12-9-17-33-29(21)40)37-30(41)26(18-20-10-3-1-4-11-20)38-32(43)28-35-23-15-7-8-16-24(23)36-28/h1,3-4,7-8,10-11,15-16,21-22,25-26H,2,5-6,9,12-14,17-19H2,(H,33,40)(H,34,42)(H,35,36)(H,37,41)(H,38,43)/t21-,25-,26-/m0/s1. The number of fused-ring (bicyclic) bond motifs is 1. The van der Waals surface area contributed by atoms with Crippen molar-refractivity contribution in [2.45, 2.75) is 75.9 Å². The number of H-pyrrole nitrogens is 1. The van der Waals surface area contributed by atoms with Crippen LogP contribution in [0.1, 0.15) is 67.5 Å². The lowest BCUT2D eigenvalue weighted by Gasteiger charge is -2.28. The van der Waals surface area contributed by atoms with Crippen LogP contribution in [0, 0.1) is 5.92 Å². The fourth-order valence-electron chi connectivity index (χ4n) is 5.86. The third-order valence-electron chi connectivity index (χ3n) is 8.23. The summed E-state index contributed by atoms with van der Waals surface area (Å²) in [5, 5.41) is 11.1. The Kier molecular flexibility index (Phi) is 9.81. The summed E-state index contributed by atoms with van der Waals surface area (Å²) in [4.78, 5) is 73.5. The number of carbonyl (C=O) groups is 5. The van der Waals surface area contributed by atoms with E-state index >= 15 is 0 Å². The average Bonchev–Trinajstić information content (AvgIpc) is 3.47. The molecule has 11 nitrogen and oxygen atoms in total. The fraction of sp³-hybridized carbons (Fsp3) is 0.438. The highest BCUT2D eigenvalue weighted by Crippen LogP contribution is 2.20. The molecule has 2 aliphatic rings. The van der Waals surface area contributed by atoms with Gasteiger partial charge in [-0.3, -0.25) is 24.0 Å². The van der Waals surface area contributed by atoms with Crippen molar-refractivity contribution in [3.63, 3.8) is 0 Å². The minimum atomic E-state index is -1.23. The van der Waals surface area contributed by atoms with Crippen LogP contribution in [0.3, 0.4) is 0 Å². The Hall–Kier alpha value is -4.54. The predicted octanol–water partition coefficient (Wildman–Crippen LogP) is 2.32. The largest absolute Gasteiger partial charge is 0.356 e. The molecule has 11 heteroatoms. The third-order valence-corrected chi connectivity index (χ3v) is 8.23. The van der Waals surface area contributed by atoms with E-state index in [1.165, 1.54) is 0 Å². The van der Waals surface area contributed by atoms with Gasteiger partial charge in [0.05, 0.1) is 17.1 Å². The van der Waals surface area contributed by atoms with E-state index in [0.717, 1.165) is 44.1 Å². The first-order chi connectivity index (χ1) is 20.9. The van der Waals surface area contributed by atoms with Gasteiger partial charge >= 0.3 is 0 Å². The molecule has 0 bridgehead atoms. The van der Waals surface area contributed by atoms with Crippen molar-refractivity contribution in [2.24, 2.45) is 5.92 Å². The van der Waals surface area contributed by atoms with Gasteiger partial charge in [-0.1, -0.05) is 61.7 Å². The van der Waals surface area contributed by atoms with Crippen LogP contribution in [0.5, 0.6) is 0 Å². The molecule has 1 saturated carbocycles. The topological polar surface area (TPSA) is 162 Å². The van der Waals surface area contributed by atoms with Gasteiger partial charge in [0.2, 0.25) is 17.6 Å². The molecule has 1 saturated heterocycles. The lowest BCUT2D eigenvalue weighted by molar-refractivity contribution is -0.141. The third kappa shape index (κ3) is 7.85. The second-order valence-electron chi connectivity index (χ2n) is 11.4. The zero-order valence-corrected chi connectivity index (χ0v) is 24.1. The summed E-state index contributed by atoms with van der Waals surface area (Å²) in [6.07, 6.45) is 6.07. The summed E-state index contributed by atoms with van der Waals surface area (Å²) in [7, 11) is 0. The number of hydrogen-bond acceptors (Lipinski definition) is 6. The molecule has 3 atom stereocenters. The van der Waals surface area contributed by atoms with Crippen LogP contribution in [0.2, 0.25) is 0 Å². The lowest BCUT2D eigenvalue weighted by Crippen LogP contribution is -2.56. The number of benzene rings is 2. The fourth-order valence-corrected chi connectivity index (χ4v) is 5.86. The maximum Gasteiger partial charge on any atom is 0.289 e. The number of amides is 4. The molecule has 5 rings (SSSR count). The van der Waals surface area contributed by atoms with Gasteiger partial charge in [0.1, 0.15) is 6.04 Å². The molecule has 2 heterocycles. The number of piperidine rings is 1. The Balaban J connectivity index is 1.35. The SMILES string of the molecule is O=C(NC1CCCCC1)C(=O)[C@H](C[C@@H]1CCCNC1=O)NC(=O)[C@H](Cc1ccccc1)NC(=O)c1nc2ccccc2[nH]1. The number of hydrogen-bond donors (Lipinski definition) is 5. The number of nitrogens with zero attached hydrogens (tertiary/aromatic N) is 1. The normalized spacial score (nSPS) is 18.7. The molecule has 5 N–H and O–H groups in total. The van der Waals surface area contributed by atoms with Crippen LogP contribution in [0.4, 0.5) is 0 Å². The van der Waals surface area contributed by atoms with E-state index in [4.69, 9.17) is 0 Å². The summed E-state index contributed by atoms with van der Waals surface area (Å²) in [5.74, 6) is -3.46. The first-order valence-electron chi connectivity index (χ1n) is 15.1. The van der Waals surface area contributed by atoms with E-state index in [1.807, 2.05) is 42.5 Å². The Morgan fingerprint density at radius 2 is 1.60 bits per heavy atom. The van der Waals surface area contributed by atoms with Crippen LogP contribution in [0.25, 0.3) is 11.0 Å². The Morgan fingerprint density at radius 1 is 0.860 bits per heavy atom. The molecule has 3 aromatic rings. The van der Waals surface area contributed by atoms with E-state index in [1.54, 1.807) is 12.1 Å². The number of para-hydroxylation sites is 2. The van der Waals surface area contributed by atoms with Crippen LogP contribution in [0.15, 0.2) is 54.6 Å².